The van der Waals surface area contributed by atoms with Gasteiger partial charge in [0.1, 0.15) is 11.5 Å². The summed E-state index contributed by atoms with van der Waals surface area (Å²) in [6, 6.07) is 1.96. The van der Waals surface area contributed by atoms with Crippen molar-refractivity contribution in [1.29, 1.82) is 0 Å². The lowest BCUT2D eigenvalue weighted by molar-refractivity contribution is 0.0934. The minimum absolute atomic E-state index is 0.0794. The summed E-state index contributed by atoms with van der Waals surface area (Å²) in [5.74, 6) is -1.12. The zero-order valence-corrected chi connectivity index (χ0v) is 15.2. The molecule has 1 heterocycles. The van der Waals surface area contributed by atoms with E-state index in [0.29, 0.717) is 28.1 Å². The highest BCUT2D eigenvalue weighted by molar-refractivity contribution is 6.35. The number of nitrogens with one attached hydrogen (secondary N) is 2. The summed E-state index contributed by atoms with van der Waals surface area (Å²) in [5, 5.41) is 2.93. The molecule has 0 aliphatic heterocycles. The van der Waals surface area contributed by atoms with Gasteiger partial charge in [-0.1, -0.05) is 23.2 Å². The third-order valence-electron chi connectivity index (χ3n) is 3.87. The molecule has 0 bridgehead atoms. The molecule has 7 heteroatoms. The van der Waals surface area contributed by atoms with Crippen LogP contribution in [0.5, 0.6) is 0 Å². The molecule has 2 rings (SSSR count). The van der Waals surface area contributed by atoms with Gasteiger partial charge in [-0.25, -0.2) is 4.39 Å². The van der Waals surface area contributed by atoms with Crippen LogP contribution < -0.4 is 5.32 Å². The minimum Gasteiger partial charge on any atom is -0.354 e. The van der Waals surface area contributed by atoms with Crippen molar-refractivity contribution in [3.8, 4) is 0 Å². The number of carbonyl (C=O) groups is 2. The Kier molecular flexibility index (Phi) is 5.35. The monoisotopic (exact) mass is 370 g/mol. The van der Waals surface area contributed by atoms with Crippen molar-refractivity contribution in [2.24, 2.45) is 0 Å². The number of halogens is 3. The summed E-state index contributed by atoms with van der Waals surface area (Å²) < 4.78 is 13.6. The number of hydrogen-bond acceptors (Lipinski definition) is 2. The Morgan fingerprint density at radius 2 is 1.83 bits per heavy atom. The number of ketones is 1. The quantitative estimate of drug-likeness (QED) is 0.601. The maximum absolute atomic E-state index is 13.6. The number of rotatable bonds is 4. The van der Waals surface area contributed by atoms with Gasteiger partial charge in [-0.3, -0.25) is 9.59 Å². The highest BCUT2D eigenvalue weighted by atomic mass is 35.5. The van der Waals surface area contributed by atoms with E-state index in [1.54, 1.807) is 20.8 Å². The van der Waals surface area contributed by atoms with Crippen LogP contribution in [0.1, 0.15) is 57.6 Å². The molecule has 24 heavy (non-hydrogen) atoms. The van der Waals surface area contributed by atoms with Crippen LogP contribution in [0, 0.1) is 19.7 Å². The summed E-state index contributed by atoms with van der Waals surface area (Å²) >= 11 is 11.8. The van der Waals surface area contributed by atoms with E-state index < -0.39 is 17.8 Å². The number of aryl methyl sites for hydroxylation is 1. The molecule has 0 fully saturated rings. The summed E-state index contributed by atoms with van der Waals surface area (Å²) in [6.45, 7) is 6.57. The van der Waals surface area contributed by atoms with E-state index in [1.165, 1.54) is 19.1 Å². The van der Waals surface area contributed by atoms with E-state index in [1.807, 2.05) is 0 Å². The minimum atomic E-state index is -0.608. The van der Waals surface area contributed by atoms with Gasteiger partial charge in [0.2, 0.25) is 0 Å². The van der Waals surface area contributed by atoms with Crippen LogP contribution in [0.4, 0.5) is 4.39 Å². The average Bonchev–Trinajstić information content (AvgIpc) is 2.77. The standard InChI is InChI=1S/C17H17Cl2FN2O2/c1-7-15(10(4)23)9(3)21-16(7)17(24)22-8(2)11-5-14(20)13(19)6-12(11)18/h5-6,8,21H,1-4H3,(H,22,24)/t8-/m1/s1. The van der Waals surface area contributed by atoms with Crippen LogP contribution in [0.15, 0.2) is 12.1 Å². The third-order valence-corrected chi connectivity index (χ3v) is 4.49. The first kappa shape index (κ1) is 18.5. The Morgan fingerprint density at radius 3 is 2.38 bits per heavy atom. The van der Waals surface area contributed by atoms with Gasteiger partial charge < -0.3 is 10.3 Å². The van der Waals surface area contributed by atoms with E-state index in [2.05, 4.69) is 10.3 Å². The topological polar surface area (TPSA) is 62.0 Å². The van der Waals surface area contributed by atoms with Crippen molar-refractivity contribution in [1.82, 2.24) is 10.3 Å². The Bertz CT molecular complexity index is 830. The summed E-state index contributed by atoms with van der Waals surface area (Å²) in [4.78, 5) is 27.1. The Hall–Kier alpha value is -1.85. The molecule has 2 N–H and O–H groups in total. The highest BCUT2D eigenvalue weighted by Crippen LogP contribution is 2.29. The number of amides is 1. The van der Waals surface area contributed by atoms with E-state index in [9.17, 15) is 14.0 Å². The summed E-state index contributed by atoms with van der Waals surface area (Å²) in [7, 11) is 0. The Labute approximate surface area is 149 Å². The number of aromatic amines is 1. The molecule has 1 atom stereocenters. The summed E-state index contributed by atoms with van der Waals surface area (Å²) in [6.07, 6.45) is 0. The lowest BCUT2D eigenvalue weighted by atomic mass is 10.1. The second-order valence-corrected chi connectivity index (χ2v) is 6.48. The third kappa shape index (κ3) is 3.47. The molecule has 0 aliphatic carbocycles. The second kappa shape index (κ2) is 6.95. The summed E-state index contributed by atoms with van der Waals surface area (Å²) in [5.41, 5.74) is 2.43. The van der Waals surface area contributed by atoms with Crippen LogP contribution in [0.3, 0.4) is 0 Å². The molecule has 0 spiro atoms. The van der Waals surface area contributed by atoms with E-state index in [0.717, 1.165) is 0 Å². The van der Waals surface area contributed by atoms with Gasteiger partial charge in [0.15, 0.2) is 5.78 Å². The number of aromatic nitrogens is 1. The van der Waals surface area contributed by atoms with Crippen molar-refractivity contribution in [3.63, 3.8) is 0 Å². The fourth-order valence-corrected chi connectivity index (χ4v) is 3.27. The molecule has 0 saturated heterocycles. The molecule has 4 nitrogen and oxygen atoms in total. The molecule has 2 aromatic rings. The number of benzene rings is 1. The van der Waals surface area contributed by atoms with Gasteiger partial charge in [-0.05, 0) is 51.0 Å². The molecule has 128 valence electrons. The lowest BCUT2D eigenvalue weighted by Crippen LogP contribution is -2.28. The molecule has 1 aromatic carbocycles. The number of H-pyrrole nitrogens is 1. The first-order valence-electron chi connectivity index (χ1n) is 7.28. The second-order valence-electron chi connectivity index (χ2n) is 5.66. The fourth-order valence-electron chi connectivity index (χ4n) is 2.72. The average molecular weight is 371 g/mol. The highest BCUT2D eigenvalue weighted by Gasteiger charge is 2.22. The van der Waals surface area contributed by atoms with Crippen molar-refractivity contribution in [3.05, 3.63) is 56.1 Å². The zero-order valence-electron chi connectivity index (χ0n) is 13.7. The largest absolute Gasteiger partial charge is 0.354 e. The van der Waals surface area contributed by atoms with Gasteiger partial charge in [-0.2, -0.15) is 0 Å². The van der Waals surface area contributed by atoms with E-state index in [-0.39, 0.29) is 15.8 Å². The lowest BCUT2D eigenvalue weighted by Gasteiger charge is -2.16. The normalized spacial score (nSPS) is 12.1. The molecular weight excluding hydrogens is 354 g/mol. The SMILES string of the molecule is CC(=O)c1c(C)[nH]c(C(=O)N[C@H](C)c2cc(F)c(Cl)cc2Cl)c1C. The molecule has 0 unspecified atom stereocenters. The molecule has 0 radical (unpaired) electrons. The molecule has 0 saturated carbocycles. The van der Waals surface area contributed by atoms with Crippen LogP contribution >= 0.6 is 23.2 Å². The molecule has 1 aromatic heterocycles. The van der Waals surface area contributed by atoms with E-state index >= 15 is 0 Å². The van der Waals surface area contributed by atoms with Crippen molar-refractivity contribution >= 4 is 34.9 Å². The van der Waals surface area contributed by atoms with Gasteiger partial charge in [0.05, 0.1) is 11.1 Å². The van der Waals surface area contributed by atoms with Crippen LogP contribution in [0.2, 0.25) is 10.0 Å². The predicted molar refractivity (Wildman–Crippen MR) is 92.6 cm³/mol. The van der Waals surface area contributed by atoms with Gasteiger partial charge in [0.25, 0.3) is 5.91 Å². The fraction of sp³-hybridized carbons (Fsp3) is 0.294. The smallest absolute Gasteiger partial charge is 0.268 e. The van der Waals surface area contributed by atoms with Crippen molar-refractivity contribution in [2.45, 2.75) is 33.7 Å². The van der Waals surface area contributed by atoms with Crippen molar-refractivity contribution < 1.29 is 14.0 Å². The number of Topliss-reactive ketones (excluding diaryl/α,β-unsaturated/α-hetero) is 1. The van der Waals surface area contributed by atoms with Crippen LogP contribution in [-0.2, 0) is 0 Å². The van der Waals surface area contributed by atoms with Gasteiger partial charge in [-0.15, -0.1) is 0 Å². The first-order valence-corrected chi connectivity index (χ1v) is 8.04. The van der Waals surface area contributed by atoms with Gasteiger partial charge in [0, 0.05) is 16.3 Å². The molecular formula is C17H17Cl2FN2O2. The van der Waals surface area contributed by atoms with Crippen LogP contribution in [0.25, 0.3) is 0 Å². The van der Waals surface area contributed by atoms with Gasteiger partial charge >= 0.3 is 0 Å². The van der Waals surface area contributed by atoms with E-state index in [4.69, 9.17) is 23.2 Å². The number of carbonyl (C=O) groups excluding carboxylic acids is 2. The Balaban J connectivity index is 2.29. The molecule has 1 amide bonds. The predicted octanol–water partition coefficient (Wildman–Crippen LogP) is 4.77. The van der Waals surface area contributed by atoms with Crippen LogP contribution in [-0.4, -0.2) is 16.7 Å². The maximum Gasteiger partial charge on any atom is 0.268 e. The Morgan fingerprint density at radius 1 is 1.21 bits per heavy atom. The number of hydrogen-bond donors (Lipinski definition) is 2. The molecule has 0 aliphatic rings. The maximum atomic E-state index is 13.6. The first-order chi connectivity index (χ1) is 11.1. The van der Waals surface area contributed by atoms with Crippen molar-refractivity contribution in [2.75, 3.05) is 0 Å². The zero-order chi connectivity index (χ0) is 18.2.